The molecule has 2 atom stereocenters. The molecule has 0 amide bonds. The molecule has 0 fully saturated rings. The predicted octanol–water partition coefficient (Wildman–Crippen LogP) is 3.74. The zero-order valence-corrected chi connectivity index (χ0v) is 14.0. The Balaban J connectivity index is 2.09. The Morgan fingerprint density at radius 3 is 2.48 bits per heavy atom. The first-order chi connectivity index (χ1) is 9.91. The first kappa shape index (κ1) is 16.1. The van der Waals surface area contributed by atoms with Crippen LogP contribution in [-0.4, -0.2) is 24.2 Å². The van der Waals surface area contributed by atoms with Crippen molar-refractivity contribution in [1.29, 1.82) is 0 Å². The maximum absolute atomic E-state index is 6.34. The van der Waals surface area contributed by atoms with E-state index < -0.39 is 0 Å². The van der Waals surface area contributed by atoms with E-state index in [-0.39, 0.29) is 17.6 Å². The first-order valence-corrected chi connectivity index (χ1v) is 8.08. The molecule has 2 aromatic rings. The molecular weight excluding hydrogens is 280 g/mol. The summed E-state index contributed by atoms with van der Waals surface area (Å²) in [5.41, 5.74) is 8.52. The van der Waals surface area contributed by atoms with Gasteiger partial charge in [-0.25, -0.2) is 4.98 Å². The fraction of sp³-hybridized carbons (Fsp3) is 0.471. The topological polar surface area (TPSA) is 48.1 Å². The number of nitrogens with zero attached hydrogens (tertiary/aromatic N) is 1. The minimum Gasteiger partial charge on any atom is -0.379 e. The lowest BCUT2D eigenvalue weighted by atomic mass is 9.84. The second kappa shape index (κ2) is 6.69. The standard InChI is InChI=1S/C17H24N2OS/c1-17(2,3)16(20-4)13(18)10-15-19-14(11-21-15)12-8-6-5-7-9-12/h5-9,11,13,16H,10,18H2,1-4H3. The number of ether oxygens (including phenoxy) is 1. The molecular formula is C17H24N2OS. The van der Waals surface area contributed by atoms with Gasteiger partial charge in [-0.15, -0.1) is 11.3 Å². The number of thiazole rings is 1. The molecule has 2 rings (SSSR count). The Labute approximate surface area is 131 Å². The molecule has 4 heteroatoms. The highest BCUT2D eigenvalue weighted by molar-refractivity contribution is 7.09. The van der Waals surface area contributed by atoms with Gasteiger partial charge in [-0.1, -0.05) is 51.1 Å². The second-order valence-corrected chi connectivity index (χ2v) is 7.33. The van der Waals surface area contributed by atoms with Crippen LogP contribution in [0.15, 0.2) is 35.7 Å². The summed E-state index contributed by atoms with van der Waals surface area (Å²) in [6, 6.07) is 10.2. The molecule has 0 radical (unpaired) electrons. The molecule has 0 aliphatic rings. The van der Waals surface area contributed by atoms with Crippen LogP contribution in [0.1, 0.15) is 25.8 Å². The number of benzene rings is 1. The van der Waals surface area contributed by atoms with Crippen molar-refractivity contribution in [3.63, 3.8) is 0 Å². The highest BCUT2D eigenvalue weighted by atomic mass is 32.1. The van der Waals surface area contributed by atoms with Crippen molar-refractivity contribution in [2.45, 2.75) is 39.3 Å². The molecule has 3 nitrogen and oxygen atoms in total. The summed E-state index contributed by atoms with van der Waals surface area (Å²) in [5, 5.41) is 3.16. The van der Waals surface area contributed by atoms with Crippen LogP contribution in [0, 0.1) is 5.41 Å². The van der Waals surface area contributed by atoms with Gasteiger partial charge in [0.25, 0.3) is 0 Å². The number of rotatable bonds is 5. The minimum absolute atomic E-state index is 0.0153. The lowest BCUT2D eigenvalue weighted by Gasteiger charge is -2.33. The van der Waals surface area contributed by atoms with Crippen molar-refractivity contribution < 1.29 is 4.74 Å². The van der Waals surface area contributed by atoms with Crippen molar-refractivity contribution in [3.8, 4) is 11.3 Å². The molecule has 0 bridgehead atoms. The Morgan fingerprint density at radius 2 is 1.90 bits per heavy atom. The summed E-state index contributed by atoms with van der Waals surface area (Å²) in [7, 11) is 1.73. The Kier molecular flexibility index (Phi) is 5.14. The quantitative estimate of drug-likeness (QED) is 0.915. The van der Waals surface area contributed by atoms with E-state index in [1.54, 1.807) is 18.4 Å². The van der Waals surface area contributed by atoms with Crippen molar-refractivity contribution in [2.24, 2.45) is 11.1 Å². The van der Waals surface area contributed by atoms with Gasteiger partial charge in [0.2, 0.25) is 0 Å². The van der Waals surface area contributed by atoms with E-state index in [4.69, 9.17) is 15.5 Å². The number of aromatic nitrogens is 1. The molecule has 0 aliphatic heterocycles. The highest BCUT2D eigenvalue weighted by Gasteiger charge is 2.30. The zero-order chi connectivity index (χ0) is 15.5. The van der Waals surface area contributed by atoms with E-state index in [0.29, 0.717) is 0 Å². The third kappa shape index (κ3) is 4.13. The summed E-state index contributed by atoms with van der Waals surface area (Å²) in [6.45, 7) is 6.45. The molecule has 0 saturated carbocycles. The van der Waals surface area contributed by atoms with Gasteiger partial charge in [0, 0.05) is 30.5 Å². The average Bonchev–Trinajstić information content (AvgIpc) is 2.87. The van der Waals surface area contributed by atoms with Crippen molar-refractivity contribution >= 4 is 11.3 Å². The van der Waals surface area contributed by atoms with Crippen LogP contribution in [0.4, 0.5) is 0 Å². The van der Waals surface area contributed by atoms with Gasteiger partial charge < -0.3 is 10.5 Å². The van der Waals surface area contributed by atoms with E-state index in [1.807, 2.05) is 18.2 Å². The van der Waals surface area contributed by atoms with Gasteiger partial charge in [0.15, 0.2) is 0 Å². The molecule has 2 N–H and O–H groups in total. The summed E-state index contributed by atoms with van der Waals surface area (Å²) in [5.74, 6) is 0. The van der Waals surface area contributed by atoms with E-state index >= 15 is 0 Å². The molecule has 1 aromatic carbocycles. The van der Waals surface area contributed by atoms with Crippen LogP contribution in [0.25, 0.3) is 11.3 Å². The molecule has 21 heavy (non-hydrogen) atoms. The van der Waals surface area contributed by atoms with Crippen molar-refractivity contribution in [3.05, 3.63) is 40.7 Å². The van der Waals surface area contributed by atoms with Gasteiger partial charge in [-0.05, 0) is 5.41 Å². The maximum atomic E-state index is 6.34. The largest absolute Gasteiger partial charge is 0.379 e. The Hall–Kier alpha value is -1.23. The molecule has 0 spiro atoms. The summed E-state index contributed by atoms with van der Waals surface area (Å²) < 4.78 is 5.59. The van der Waals surface area contributed by atoms with E-state index in [1.165, 1.54) is 0 Å². The van der Waals surface area contributed by atoms with E-state index in [2.05, 4.69) is 38.3 Å². The van der Waals surface area contributed by atoms with Crippen LogP contribution in [0.2, 0.25) is 0 Å². The monoisotopic (exact) mass is 304 g/mol. The second-order valence-electron chi connectivity index (χ2n) is 6.38. The van der Waals surface area contributed by atoms with Crippen LogP contribution >= 0.6 is 11.3 Å². The van der Waals surface area contributed by atoms with Gasteiger partial charge in [-0.2, -0.15) is 0 Å². The Morgan fingerprint density at radius 1 is 1.24 bits per heavy atom. The zero-order valence-electron chi connectivity index (χ0n) is 13.2. The number of methoxy groups -OCH3 is 1. The van der Waals surface area contributed by atoms with E-state index in [9.17, 15) is 0 Å². The normalized spacial score (nSPS) is 14.9. The van der Waals surface area contributed by atoms with Gasteiger partial charge >= 0.3 is 0 Å². The molecule has 2 unspecified atom stereocenters. The third-order valence-electron chi connectivity index (χ3n) is 3.53. The van der Waals surface area contributed by atoms with Crippen LogP contribution in [0.5, 0.6) is 0 Å². The predicted molar refractivity (Wildman–Crippen MR) is 89.5 cm³/mol. The lowest BCUT2D eigenvalue weighted by Crippen LogP contribution is -2.46. The minimum atomic E-state index is -0.0511. The van der Waals surface area contributed by atoms with Gasteiger partial charge in [-0.3, -0.25) is 0 Å². The summed E-state index contributed by atoms with van der Waals surface area (Å²) >= 11 is 1.66. The number of nitrogens with two attached hydrogens (primary N) is 1. The number of hydrogen-bond acceptors (Lipinski definition) is 4. The van der Waals surface area contributed by atoms with Crippen molar-refractivity contribution in [1.82, 2.24) is 4.98 Å². The van der Waals surface area contributed by atoms with Gasteiger partial charge in [0.1, 0.15) is 0 Å². The maximum Gasteiger partial charge on any atom is 0.0949 e. The third-order valence-corrected chi connectivity index (χ3v) is 4.40. The smallest absolute Gasteiger partial charge is 0.0949 e. The molecule has 0 saturated heterocycles. The van der Waals surface area contributed by atoms with Crippen LogP contribution in [0.3, 0.4) is 0 Å². The number of hydrogen-bond donors (Lipinski definition) is 1. The average molecular weight is 304 g/mol. The van der Waals surface area contributed by atoms with E-state index in [0.717, 1.165) is 22.7 Å². The Bertz CT molecular complexity index is 560. The first-order valence-electron chi connectivity index (χ1n) is 7.20. The molecule has 1 aromatic heterocycles. The van der Waals surface area contributed by atoms with Crippen LogP contribution in [-0.2, 0) is 11.2 Å². The highest BCUT2D eigenvalue weighted by Crippen LogP contribution is 2.27. The SMILES string of the molecule is COC(C(N)Cc1nc(-c2ccccc2)cs1)C(C)(C)C. The fourth-order valence-corrected chi connectivity index (χ4v) is 3.50. The summed E-state index contributed by atoms with van der Waals surface area (Å²) in [6.07, 6.45) is 0.759. The lowest BCUT2D eigenvalue weighted by molar-refractivity contribution is -0.00165. The molecule has 0 aliphatic carbocycles. The summed E-state index contributed by atoms with van der Waals surface area (Å²) in [4.78, 5) is 4.70. The fourth-order valence-electron chi connectivity index (χ4n) is 2.63. The van der Waals surface area contributed by atoms with Gasteiger partial charge in [0.05, 0.1) is 16.8 Å². The molecule has 114 valence electrons. The van der Waals surface area contributed by atoms with Crippen LogP contribution < -0.4 is 5.73 Å². The molecule has 1 heterocycles. The van der Waals surface area contributed by atoms with Crippen molar-refractivity contribution in [2.75, 3.05) is 7.11 Å².